The maximum absolute atomic E-state index is 8.69. The molecule has 0 saturated heterocycles. The Morgan fingerprint density at radius 1 is 1.33 bits per heavy atom. The fourth-order valence-electron chi connectivity index (χ4n) is 1.38. The Kier molecular flexibility index (Phi) is 6.34. The van der Waals surface area contributed by atoms with Crippen LogP contribution in [-0.4, -0.2) is 41.8 Å². The highest BCUT2D eigenvalue weighted by Crippen LogP contribution is 2.04. The van der Waals surface area contributed by atoms with E-state index in [1.807, 2.05) is 0 Å². The van der Waals surface area contributed by atoms with E-state index in [9.17, 15) is 0 Å². The van der Waals surface area contributed by atoms with Gasteiger partial charge in [-0.3, -0.25) is 4.90 Å². The predicted octanol–water partition coefficient (Wildman–Crippen LogP) is 0.426. The highest BCUT2D eigenvalue weighted by Gasteiger charge is 2.14. The first-order valence-corrected chi connectivity index (χ1v) is 4.70. The Balaban J connectivity index is 3.85. The summed E-state index contributed by atoms with van der Waals surface area (Å²) in [6.07, 6.45) is 0.836. The Hall–Kier alpha value is -0.120. The van der Waals surface area contributed by atoms with Gasteiger partial charge in [-0.15, -0.1) is 0 Å². The van der Waals surface area contributed by atoms with Crippen LogP contribution in [0.15, 0.2) is 0 Å². The van der Waals surface area contributed by atoms with Gasteiger partial charge < -0.3 is 10.8 Å². The third kappa shape index (κ3) is 4.04. The number of aliphatic hydroxyl groups excluding tert-OH is 1. The first kappa shape index (κ1) is 11.9. The maximum Gasteiger partial charge on any atom is 0.0443 e. The lowest BCUT2D eigenvalue weighted by Gasteiger charge is -2.31. The minimum absolute atomic E-state index is 0.264. The van der Waals surface area contributed by atoms with Gasteiger partial charge in [-0.05, 0) is 27.2 Å². The number of hydrogen-bond acceptors (Lipinski definition) is 3. The van der Waals surface area contributed by atoms with Gasteiger partial charge in [0.15, 0.2) is 0 Å². The van der Waals surface area contributed by atoms with Crippen LogP contribution in [0.1, 0.15) is 27.2 Å². The van der Waals surface area contributed by atoms with Crippen LogP contribution >= 0.6 is 0 Å². The zero-order valence-electron chi connectivity index (χ0n) is 8.45. The summed E-state index contributed by atoms with van der Waals surface area (Å²) in [4.78, 5) is 2.32. The quantitative estimate of drug-likeness (QED) is 0.614. The van der Waals surface area contributed by atoms with Crippen LogP contribution in [0.5, 0.6) is 0 Å². The molecule has 0 aliphatic heterocycles. The van der Waals surface area contributed by atoms with Crippen molar-refractivity contribution < 1.29 is 5.11 Å². The fraction of sp³-hybridized carbons (Fsp3) is 1.00. The Labute approximate surface area is 75.6 Å². The minimum Gasteiger partial charge on any atom is -0.396 e. The van der Waals surface area contributed by atoms with Gasteiger partial charge in [0, 0.05) is 31.8 Å². The van der Waals surface area contributed by atoms with E-state index in [0.717, 1.165) is 13.0 Å². The number of nitrogens with two attached hydrogens (primary N) is 1. The van der Waals surface area contributed by atoms with Crippen LogP contribution in [0.2, 0.25) is 0 Å². The number of hydrogen-bond donors (Lipinski definition) is 2. The van der Waals surface area contributed by atoms with Crippen molar-refractivity contribution in [2.75, 3.05) is 19.7 Å². The molecule has 0 aliphatic rings. The zero-order chi connectivity index (χ0) is 9.56. The molecule has 12 heavy (non-hydrogen) atoms. The van der Waals surface area contributed by atoms with E-state index in [-0.39, 0.29) is 6.61 Å². The molecule has 3 N–H and O–H groups in total. The summed E-state index contributed by atoms with van der Waals surface area (Å²) in [5.74, 6) is 0. The average Bonchev–Trinajstić information content (AvgIpc) is 2.04. The molecule has 0 bridgehead atoms. The third-order valence-corrected chi connectivity index (χ3v) is 2.14. The third-order valence-electron chi connectivity index (χ3n) is 2.14. The monoisotopic (exact) mass is 174 g/mol. The second kappa shape index (κ2) is 6.40. The van der Waals surface area contributed by atoms with Crippen molar-refractivity contribution in [2.45, 2.75) is 39.3 Å². The molecule has 0 spiro atoms. The van der Waals surface area contributed by atoms with Gasteiger partial charge in [0.05, 0.1) is 0 Å². The van der Waals surface area contributed by atoms with Crippen molar-refractivity contribution in [3.8, 4) is 0 Å². The summed E-state index contributed by atoms with van der Waals surface area (Å²) in [6.45, 7) is 8.32. The van der Waals surface area contributed by atoms with Crippen molar-refractivity contribution >= 4 is 0 Å². The summed E-state index contributed by atoms with van der Waals surface area (Å²) >= 11 is 0. The van der Waals surface area contributed by atoms with Gasteiger partial charge in [-0.2, -0.15) is 0 Å². The van der Waals surface area contributed by atoms with Crippen LogP contribution in [-0.2, 0) is 0 Å². The molecule has 0 rings (SSSR count). The van der Waals surface area contributed by atoms with E-state index in [1.165, 1.54) is 0 Å². The molecule has 0 fully saturated rings. The lowest BCUT2D eigenvalue weighted by molar-refractivity contribution is 0.150. The lowest BCUT2D eigenvalue weighted by Crippen LogP contribution is -2.43. The molecular formula is C9H22N2O. The molecule has 0 aliphatic carbocycles. The van der Waals surface area contributed by atoms with Crippen molar-refractivity contribution in [3.63, 3.8) is 0 Å². The van der Waals surface area contributed by atoms with E-state index < -0.39 is 0 Å². The summed E-state index contributed by atoms with van der Waals surface area (Å²) in [5.41, 5.74) is 5.58. The van der Waals surface area contributed by atoms with Gasteiger partial charge >= 0.3 is 0 Å². The molecule has 0 saturated carbocycles. The topological polar surface area (TPSA) is 49.5 Å². The van der Waals surface area contributed by atoms with Crippen molar-refractivity contribution in [1.82, 2.24) is 4.90 Å². The highest BCUT2D eigenvalue weighted by atomic mass is 16.3. The molecular weight excluding hydrogens is 152 g/mol. The van der Waals surface area contributed by atoms with Crippen LogP contribution in [0.25, 0.3) is 0 Å². The molecule has 1 atom stereocenters. The summed E-state index contributed by atoms with van der Waals surface area (Å²) in [6, 6.07) is 0.923. The number of rotatable bonds is 6. The van der Waals surface area contributed by atoms with E-state index in [0.29, 0.717) is 18.6 Å². The Morgan fingerprint density at radius 2 is 1.92 bits per heavy atom. The van der Waals surface area contributed by atoms with E-state index in [2.05, 4.69) is 25.7 Å². The van der Waals surface area contributed by atoms with E-state index in [1.54, 1.807) is 0 Å². The van der Waals surface area contributed by atoms with Gasteiger partial charge in [0.1, 0.15) is 0 Å². The van der Waals surface area contributed by atoms with Crippen molar-refractivity contribution in [2.24, 2.45) is 5.73 Å². The molecule has 3 nitrogen and oxygen atoms in total. The van der Waals surface area contributed by atoms with Crippen LogP contribution in [0.3, 0.4) is 0 Å². The first-order valence-electron chi connectivity index (χ1n) is 4.70. The number of nitrogens with zero attached hydrogens (tertiary/aromatic N) is 1. The molecule has 3 heteroatoms. The molecule has 0 aromatic heterocycles. The first-order chi connectivity index (χ1) is 5.63. The summed E-state index contributed by atoms with van der Waals surface area (Å²) in [7, 11) is 0. The van der Waals surface area contributed by atoms with Crippen LogP contribution < -0.4 is 5.73 Å². The molecule has 0 aromatic rings. The van der Waals surface area contributed by atoms with Gasteiger partial charge in [-0.1, -0.05) is 0 Å². The zero-order valence-corrected chi connectivity index (χ0v) is 8.45. The Morgan fingerprint density at radius 3 is 2.25 bits per heavy atom. The van der Waals surface area contributed by atoms with Gasteiger partial charge in [-0.25, -0.2) is 0 Å². The summed E-state index contributed by atoms with van der Waals surface area (Å²) in [5, 5.41) is 8.69. The highest BCUT2D eigenvalue weighted by molar-refractivity contribution is 4.71. The molecule has 0 amide bonds. The van der Waals surface area contributed by atoms with Gasteiger partial charge in [0.2, 0.25) is 0 Å². The predicted molar refractivity (Wildman–Crippen MR) is 52.1 cm³/mol. The maximum atomic E-state index is 8.69. The fourth-order valence-corrected chi connectivity index (χ4v) is 1.38. The molecule has 0 aromatic carbocycles. The molecule has 0 heterocycles. The van der Waals surface area contributed by atoms with Crippen molar-refractivity contribution in [3.05, 3.63) is 0 Å². The lowest BCUT2D eigenvalue weighted by atomic mass is 10.2. The van der Waals surface area contributed by atoms with Crippen molar-refractivity contribution in [1.29, 1.82) is 0 Å². The molecule has 1 unspecified atom stereocenters. The SMILES string of the molecule is CC(C)N(CCCO)C(C)CN. The minimum atomic E-state index is 0.264. The largest absolute Gasteiger partial charge is 0.396 e. The molecule has 74 valence electrons. The van der Waals surface area contributed by atoms with E-state index >= 15 is 0 Å². The van der Waals surface area contributed by atoms with E-state index in [4.69, 9.17) is 10.8 Å². The summed E-state index contributed by atoms with van der Waals surface area (Å²) < 4.78 is 0. The smallest absolute Gasteiger partial charge is 0.0443 e. The normalized spacial score (nSPS) is 14.2. The van der Waals surface area contributed by atoms with Crippen LogP contribution in [0.4, 0.5) is 0 Å². The second-order valence-electron chi connectivity index (χ2n) is 3.49. The Bertz CT molecular complexity index is 107. The average molecular weight is 174 g/mol. The number of aliphatic hydroxyl groups is 1. The van der Waals surface area contributed by atoms with Crippen LogP contribution in [0, 0.1) is 0 Å². The molecule has 0 radical (unpaired) electrons. The van der Waals surface area contributed by atoms with Gasteiger partial charge in [0.25, 0.3) is 0 Å². The second-order valence-corrected chi connectivity index (χ2v) is 3.49. The standard InChI is InChI=1S/C9H22N2O/c1-8(2)11(5-4-6-12)9(3)7-10/h8-9,12H,4-7,10H2,1-3H3.